The predicted molar refractivity (Wildman–Crippen MR) is 86.8 cm³/mol. The third kappa shape index (κ3) is 2.19. The van der Waals surface area contributed by atoms with E-state index in [0.29, 0.717) is 17.9 Å². The van der Waals surface area contributed by atoms with Gasteiger partial charge >= 0.3 is 0 Å². The quantitative estimate of drug-likeness (QED) is 0.728. The SMILES string of the molecule is [C-]#[N+]c1ccc(CC(=O)C23CC4CC(CC(C4)C2)C3)cc1C. The van der Waals surface area contributed by atoms with Crippen LogP contribution in [0.25, 0.3) is 4.85 Å². The number of hydrogen-bond acceptors (Lipinski definition) is 1. The number of carbonyl (C=O) groups excluding carboxylic acids is 1. The molecule has 0 N–H and O–H groups in total. The molecule has 4 aliphatic carbocycles. The molecule has 0 amide bonds. The largest absolute Gasteiger partial charge is 0.299 e. The van der Waals surface area contributed by atoms with E-state index in [4.69, 9.17) is 6.57 Å². The summed E-state index contributed by atoms with van der Waals surface area (Å²) in [6.45, 7) is 9.10. The van der Waals surface area contributed by atoms with Gasteiger partial charge in [0.05, 0.1) is 6.57 Å². The molecule has 0 unspecified atom stereocenters. The van der Waals surface area contributed by atoms with Crippen LogP contribution in [0.5, 0.6) is 0 Å². The molecule has 0 aromatic heterocycles. The molecule has 0 saturated heterocycles. The van der Waals surface area contributed by atoms with E-state index in [0.717, 1.165) is 48.1 Å². The van der Waals surface area contributed by atoms with Crippen LogP contribution in [0.1, 0.15) is 49.7 Å². The van der Waals surface area contributed by atoms with Crippen molar-refractivity contribution in [1.29, 1.82) is 0 Å². The van der Waals surface area contributed by atoms with Gasteiger partial charge in [0, 0.05) is 11.8 Å². The first-order chi connectivity index (χ1) is 10.6. The van der Waals surface area contributed by atoms with Crippen LogP contribution in [0.15, 0.2) is 18.2 Å². The van der Waals surface area contributed by atoms with Crippen molar-refractivity contribution >= 4 is 11.5 Å². The zero-order valence-corrected chi connectivity index (χ0v) is 13.3. The molecule has 2 nitrogen and oxygen atoms in total. The van der Waals surface area contributed by atoms with Gasteiger partial charge in [-0.05, 0) is 74.3 Å². The first-order valence-electron chi connectivity index (χ1n) is 8.58. The zero-order chi connectivity index (χ0) is 15.3. The van der Waals surface area contributed by atoms with Crippen LogP contribution >= 0.6 is 0 Å². The van der Waals surface area contributed by atoms with Crippen molar-refractivity contribution < 1.29 is 4.79 Å². The first kappa shape index (κ1) is 14.0. The molecule has 1 aromatic rings. The predicted octanol–water partition coefficient (Wildman–Crippen LogP) is 4.87. The van der Waals surface area contributed by atoms with Crippen LogP contribution in [0.2, 0.25) is 0 Å². The number of benzene rings is 1. The van der Waals surface area contributed by atoms with Crippen LogP contribution in [0.3, 0.4) is 0 Å². The lowest BCUT2D eigenvalue weighted by molar-refractivity contribution is -0.143. The minimum atomic E-state index is 0.00112. The van der Waals surface area contributed by atoms with E-state index in [1.165, 1.54) is 19.3 Å². The number of ketones is 1. The van der Waals surface area contributed by atoms with Crippen LogP contribution < -0.4 is 0 Å². The molecule has 0 atom stereocenters. The molecule has 5 rings (SSSR count). The van der Waals surface area contributed by atoms with E-state index >= 15 is 0 Å². The Kier molecular flexibility index (Phi) is 3.15. The number of hydrogen-bond donors (Lipinski definition) is 0. The maximum absolute atomic E-state index is 13.1. The van der Waals surface area contributed by atoms with Crippen molar-refractivity contribution in [3.8, 4) is 0 Å². The number of aryl methyl sites for hydroxylation is 1. The standard InChI is InChI=1S/C20H23NO/c1-13-5-14(3-4-18(13)21-2)9-19(22)20-10-15-6-16(11-20)8-17(7-15)12-20/h3-5,15-17H,6-12H2,1H3. The van der Waals surface area contributed by atoms with Gasteiger partial charge in [0.25, 0.3) is 0 Å². The molecule has 1 aromatic carbocycles. The highest BCUT2D eigenvalue weighted by atomic mass is 16.1. The van der Waals surface area contributed by atoms with Gasteiger partial charge in [-0.3, -0.25) is 4.79 Å². The van der Waals surface area contributed by atoms with Crippen molar-refractivity contribution in [2.24, 2.45) is 23.2 Å². The molecule has 2 heteroatoms. The van der Waals surface area contributed by atoms with Gasteiger partial charge in [-0.15, -0.1) is 0 Å². The van der Waals surface area contributed by atoms with E-state index < -0.39 is 0 Å². The summed E-state index contributed by atoms with van der Waals surface area (Å²) in [5, 5.41) is 0. The minimum Gasteiger partial charge on any atom is -0.299 e. The molecule has 4 bridgehead atoms. The fourth-order valence-electron chi connectivity index (χ4n) is 5.78. The smallest absolute Gasteiger partial charge is 0.190 e. The Morgan fingerprint density at radius 1 is 1.18 bits per heavy atom. The average Bonchev–Trinajstić information content (AvgIpc) is 2.46. The fourth-order valence-corrected chi connectivity index (χ4v) is 5.78. The molecule has 114 valence electrons. The second-order valence-electron chi connectivity index (χ2n) is 8.03. The van der Waals surface area contributed by atoms with Crippen LogP contribution in [0.4, 0.5) is 5.69 Å². The third-order valence-electron chi connectivity index (χ3n) is 6.38. The molecule has 4 saturated carbocycles. The average molecular weight is 293 g/mol. The summed E-state index contributed by atoms with van der Waals surface area (Å²) in [5.41, 5.74) is 2.78. The Labute approximate surface area is 132 Å². The van der Waals surface area contributed by atoms with Crippen LogP contribution in [0, 0.1) is 36.7 Å². The van der Waals surface area contributed by atoms with Crippen molar-refractivity contribution in [3.63, 3.8) is 0 Å². The van der Waals surface area contributed by atoms with Gasteiger partial charge in [0.1, 0.15) is 5.78 Å². The third-order valence-corrected chi connectivity index (χ3v) is 6.38. The Morgan fingerprint density at radius 3 is 2.27 bits per heavy atom. The molecule has 0 spiro atoms. The summed E-state index contributed by atoms with van der Waals surface area (Å²) in [5.74, 6) is 2.94. The first-order valence-corrected chi connectivity index (χ1v) is 8.58. The fraction of sp³-hybridized carbons (Fsp3) is 0.600. The van der Waals surface area contributed by atoms with Gasteiger partial charge in [0.2, 0.25) is 0 Å². The van der Waals surface area contributed by atoms with Crippen LogP contribution in [-0.4, -0.2) is 5.78 Å². The minimum absolute atomic E-state index is 0.00112. The Morgan fingerprint density at radius 2 is 1.77 bits per heavy atom. The Balaban J connectivity index is 1.55. The summed E-state index contributed by atoms with van der Waals surface area (Å²) in [6.07, 6.45) is 8.15. The van der Waals surface area contributed by atoms with E-state index in [9.17, 15) is 4.79 Å². The Bertz CT molecular complexity index is 631. The summed E-state index contributed by atoms with van der Waals surface area (Å²) >= 11 is 0. The molecular weight excluding hydrogens is 270 g/mol. The van der Waals surface area contributed by atoms with E-state index in [-0.39, 0.29) is 5.41 Å². The maximum Gasteiger partial charge on any atom is 0.190 e. The van der Waals surface area contributed by atoms with Gasteiger partial charge in [-0.2, -0.15) is 0 Å². The summed E-state index contributed by atoms with van der Waals surface area (Å²) in [6, 6.07) is 5.87. The number of Topliss-reactive ketones (excluding diaryl/α,β-unsaturated/α-hetero) is 1. The van der Waals surface area contributed by atoms with Crippen molar-refractivity contribution in [3.05, 3.63) is 40.7 Å². The Hall–Kier alpha value is -1.62. The molecule has 22 heavy (non-hydrogen) atoms. The zero-order valence-electron chi connectivity index (χ0n) is 13.3. The molecule has 0 radical (unpaired) electrons. The van der Waals surface area contributed by atoms with Crippen molar-refractivity contribution in [2.45, 2.75) is 51.9 Å². The second-order valence-corrected chi connectivity index (χ2v) is 8.03. The maximum atomic E-state index is 13.1. The van der Waals surface area contributed by atoms with E-state index in [2.05, 4.69) is 4.85 Å². The van der Waals surface area contributed by atoms with Crippen LogP contribution in [-0.2, 0) is 11.2 Å². The lowest BCUT2D eigenvalue weighted by Crippen LogP contribution is -2.50. The van der Waals surface area contributed by atoms with E-state index in [1.54, 1.807) is 0 Å². The monoisotopic (exact) mass is 293 g/mol. The highest BCUT2D eigenvalue weighted by molar-refractivity contribution is 5.87. The highest BCUT2D eigenvalue weighted by Gasteiger charge is 2.53. The van der Waals surface area contributed by atoms with Crippen molar-refractivity contribution in [1.82, 2.24) is 0 Å². The normalized spacial score (nSPS) is 35.4. The molecule has 0 heterocycles. The van der Waals surface area contributed by atoms with Crippen molar-refractivity contribution in [2.75, 3.05) is 0 Å². The summed E-state index contributed by atoms with van der Waals surface area (Å²) in [7, 11) is 0. The highest BCUT2D eigenvalue weighted by Crippen LogP contribution is 2.60. The van der Waals surface area contributed by atoms with Gasteiger partial charge in [-0.1, -0.05) is 18.2 Å². The number of nitrogens with zero attached hydrogens (tertiary/aromatic N) is 1. The molecule has 4 aliphatic rings. The molecule has 4 fully saturated rings. The topological polar surface area (TPSA) is 21.4 Å². The van der Waals surface area contributed by atoms with Gasteiger partial charge < -0.3 is 0 Å². The lowest BCUT2D eigenvalue weighted by Gasteiger charge is -2.56. The summed E-state index contributed by atoms with van der Waals surface area (Å²) in [4.78, 5) is 16.6. The van der Waals surface area contributed by atoms with Gasteiger partial charge in [-0.25, -0.2) is 4.85 Å². The molecule has 0 aliphatic heterocycles. The number of carbonyl (C=O) groups is 1. The molecular formula is C20H23NO. The number of rotatable bonds is 3. The second kappa shape index (κ2) is 4.95. The summed E-state index contributed by atoms with van der Waals surface area (Å²) < 4.78 is 0. The van der Waals surface area contributed by atoms with Gasteiger partial charge in [0.15, 0.2) is 5.69 Å². The lowest BCUT2D eigenvalue weighted by atomic mass is 9.48. The van der Waals surface area contributed by atoms with E-state index in [1.807, 2.05) is 25.1 Å².